The standard InChI is InChI=1S/C12H19N3O2/c16-6-5-15(11-3-1-2-4-11)12-8-13-7-10(9-17)14-12/h7-8,11,16-17H,1-6,9H2. The van der Waals surface area contributed by atoms with Crippen molar-refractivity contribution in [3.8, 4) is 0 Å². The Bertz CT molecular complexity index is 353. The molecule has 1 aromatic rings. The van der Waals surface area contributed by atoms with Crippen LogP contribution in [0.5, 0.6) is 0 Å². The van der Waals surface area contributed by atoms with Gasteiger partial charge in [0.2, 0.25) is 0 Å². The Morgan fingerprint density at radius 3 is 2.65 bits per heavy atom. The highest BCUT2D eigenvalue weighted by molar-refractivity contribution is 5.38. The van der Waals surface area contributed by atoms with Crippen molar-refractivity contribution in [1.29, 1.82) is 0 Å². The summed E-state index contributed by atoms with van der Waals surface area (Å²) in [4.78, 5) is 10.6. The molecule has 94 valence electrons. The molecule has 1 saturated carbocycles. The van der Waals surface area contributed by atoms with Crippen LogP contribution < -0.4 is 4.90 Å². The molecule has 1 aromatic heterocycles. The molecule has 1 aliphatic carbocycles. The van der Waals surface area contributed by atoms with Gasteiger partial charge < -0.3 is 15.1 Å². The monoisotopic (exact) mass is 237 g/mol. The second-order valence-corrected chi connectivity index (χ2v) is 4.38. The second kappa shape index (κ2) is 5.93. The van der Waals surface area contributed by atoms with Gasteiger partial charge in [-0.1, -0.05) is 12.8 Å². The van der Waals surface area contributed by atoms with E-state index in [1.54, 1.807) is 12.4 Å². The fraction of sp³-hybridized carbons (Fsp3) is 0.667. The molecule has 2 N–H and O–H groups in total. The van der Waals surface area contributed by atoms with Crippen LogP contribution in [0.1, 0.15) is 31.4 Å². The lowest BCUT2D eigenvalue weighted by atomic mass is 10.2. The lowest BCUT2D eigenvalue weighted by Gasteiger charge is -2.29. The molecule has 0 atom stereocenters. The van der Waals surface area contributed by atoms with E-state index in [1.807, 2.05) is 0 Å². The normalized spacial score (nSPS) is 16.4. The molecule has 0 bridgehead atoms. The number of nitrogens with zero attached hydrogens (tertiary/aromatic N) is 3. The molecular formula is C12H19N3O2. The Morgan fingerprint density at radius 2 is 2.00 bits per heavy atom. The highest BCUT2D eigenvalue weighted by Crippen LogP contribution is 2.26. The Balaban J connectivity index is 2.18. The summed E-state index contributed by atoms with van der Waals surface area (Å²) in [6.45, 7) is 0.592. The van der Waals surface area contributed by atoms with E-state index in [-0.39, 0.29) is 13.2 Å². The number of anilines is 1. The van der Waals surface area contributed by atoms with Crippen molar-refractivity contribution in [2.75, 3.05) is 18.1 Å². The quantitative estimate of drug-likeness (QED) is 0.789. The predicted molar refractivity (Wildman–Crippen MR) is 64.6 cm³/mol. The lowest BCUT2D eigenvalue weighted by molar-refractivity contribution is 0.276. The van der Waals surface area contributed by atoms with Crippen LogP contribution in [0, 0.1) is 0 Å². The predicted octanol–water partition coefficient (Wildman–Crippen LogP) is 0.710. The fourth-order valence-corrected chi connectivity index (χ4v) is 2.42. The largest absolute Gasteiger partial charge is 0.395 e. The summed E-state index contributed by atoms with van der Waals surface area (Å²) in [6.07, 6.45) is 8.03. The van der Waals surface area contributed by atoms with Crippen molar-refractivity contribution in [3.63, 3.8) is 0 Å². The van der Waals surface area contributed by atoms with Crippen LogP contribution in [0.25, 0.3) is 0 Å². The van der Waals surface area contributed by atoms with Gasteiger partial charge in [0, 0.05) is 12.6 Å². The van der Waals surface area contributed by atoms with Gasteiger partial charge in [0.05, 0.1) is 31.3 Å². The molecule has 0 saturated heterocycles. The van der Waals surface area contributed by atoms with Crippen LogP contribution >= 0.6 is 0 Å². The van der Waals surface area contributed by atoms with Crippen LogP contribution in [0.15, 0.2) is 12.4 Å². The van der Waals surface area contributed by atoms with Gasteiger partial charge in [0.25, 0.3) is 0 Å². The van der Waals surface area contributed by atoms with E-state index in [1.165, 1.54) is 12.8 Å². The van der Waals surface area contributed by atoms with Gasteiger partial charge in [-0.25, -0.2) is 4.98 Å². The lowest BCUT2D eigenvalue weighted by Crippen LogP contribution is -2.36. The SMILES string of the molecule is OCCN(c1cncc(CO)n1)C1CCCC1. The summed E-state index contributed by atoms with van der Waals surface area (Å²) in [5.41, 5.74) is 0.573. The summed E-state index contributed by atoms with van der Waals surface area (Å²) in [7, 11) is 0. The average molecular weight is 237 g/mol. The van der Waals surface area contributed by atoms with Crippen LogP contribution in [0.4, 0.5) is 5.82 Å². The van der Waals surface area contributed by atoms with Gasteiger partial charge in [-0.3, -0.25) is 4.98 Å². The molecule has 1 heterocycles. The molecule has 0 aromatic carbocycles. The number of hydrogen-bond donors (Lipinski definition) is 2. The molecular weight excluding hydrogens is 218 g/mol. The molecule has 1 aliphatic rings. The number of aliphatic hydroxyl groups excluding tert-OH is 2. The Labute approximate surface area is 101 Å². The second-order valence-electron chi connectivity index (χ2n) is 4.38. The Kier molecular flexibility index (Phi) is 4.28. The van der Waals surface area contributed by atoms with Gasteiger partial charge in [0.1, 0.15) is 5.82 Å². The molecule has 0 unspecified atom stereocenters. The third-order valence-electron chi connectivity index (χ3n) is 3.23. The zero-order valence-electron chi connectivity index (χ0n) is 9.92. The van der Waals surface area contributed by atoms with E-state index in [9.17, 15) is 0 Å². The fourth-order valence-electron chi connectivity index (χ4n) is 2.42. The first-order chi connectivity index (χ1) is 8.35. The zero-order chi connectivity index (χ0) is 12.1. The van der Waals surface area contributed by atoms with E-state index in [0.29, 0.717) is 18.3 Å². The van der Waals surface area contributed by atoms with E-state index in [2.05, 4.69) is 14.9 Å². The minimum Gasteiger partial charge on any atom is -0.395 e. The van der Waals surface area contributed by atoms with Gasteiger partial charge in [-0.05, 0) is 12.8 Å². The molecule has 0 radical (unpaired) electrons. The van der Waals surface area contributed by atoms with Crippen molar-refractivity contribution >= 4 is 5.82 Å². The summed E-state index contributed by atoms with van der Waals surface area (Å²) in [6, 6.07) is 0.449. The molecule has 5 heteroatoms. The summed E-state index contributed by atoms with van der Waals surface area (Å²) >= 11 is 0. The minimum absolute atomic E-state index is 0.0987. The summed E-state index contributed by atoms with van der Waals surface area (Å²) in [5.74, 6) is 0.762. The van der Waals surface area contributed by atoms with E-state index >= 15 is 0 Å². The molecule has 2 rings (SSSR count). The molecule has 5 nitrogen and oxygen atoms in total. The van der Waals surface area contributed by atoms with Gasteiger partial charge in [0.15, 0.2) is 0 Å². The van der Waals surface area contributed by atoms with Crippen LogP contribution in [-0.4, -0.2) is 39.4 Å². The Morgan fingerprint density at radius 1 is 1.24 bits per heavy atom. The molecule has 0 amide bonds. The third-order valence-corrected chi connectivity index (χ3v) is 3.23. The maximum Gasteiger partial charge on any atom is 0.147 e. The molecule has 1 fully saturated rings. The van der Waals surface area contributed by atoms with Crippen molar-refractivity contribution in [1.82, 2.24) is 9.97 Å². The van der Waals surface area contributed by atoms with E-state index in [4.69, 9.17) is 10.2 Å². The van der Waals surface area contributed by atoms with Crippen molar-refractivity contribution in [3.05, 3.63) is 18.1 Å². The molecule has 0 spiro atoms. The smallest absolute Gasteiger partial charge is 0.147 e. The van der Waals surface area contributed by atoms with Gasteiger partial charge >= 0.3 is 0 Å². The van der Waals surface area contributed by atoms with Crippen LogP contribution in [0.2, 0.25) is 0 Å². The van der Waals surface area contributed by atoms with Crippen molar-refractivity contribution in [2.24, 2.45) is 0 Å². The molecule has 17 heavy (non-hydrogen) atoms. The third kappa shape index (κ3) is 2.92. The summed E-state index contributed by atoms with van der Waals surface area (Å²) < 4.78 is 0. The minimum atomic E-state index is -0.0987. The van der Waals surface area contributed by atoms with Gasteiger partial charge in [-0.2, -0.15) is 0 Å². The maximum absolute atomic E-state index is 9.15. The summed E-state index contributed by atoms with van der Waals surface area (Å²) in [5, 5.41) is 18.2. The number of aliphatic hydroxyl groups is 2. The van der Waals surface area contributed by atoms with Crippen LogP contribution in [0.3, 0.4) is 0 Å². The number of hydrogen-bond acceptors (Lipinski definition) is 5. The highest BCUT2D eigenvalue weighted by atomic mass is 16.3. The van der Waals surface area contributed by atoms with E-state index < -0.39 is 0 Å². The van der Waals surface area contributed by atoms with Gasteiger partial charge in [-0.15, -0.1) is 0 Å². The Hall–Kier alpha value is -1.20. The number of aromatic nitrogens is 2. The molecule has 0 aliphatic heterocycles. The topological polar surface area (TPSA) is 69.5 Å². The van der Waals surface area contributed by atoms with E-state index in [0.717, 1.165) is 18.7 Å². The first-order valence-electron chi connectivity index (χ1n) is 6.14. The number of rotatable bonds is 5. The first-order valence-corrected chi connectivity index (χ1v) is 6.14. The maximum atomic E-state index is 9.15. The van der Waals surface area contributed by atoms with Crippen molar-refractivity contribution in [2.45, 2.75) is 38.3 Å². The van der Waals surface area contributed by atoms with Crippen LogP contribution in [-0.2, 0) is 6.61 Å². The highest BCUT2D eigenvalue weighted by Gasteiger charge is 2.23. The average Bonchev–Trinajstić information content (AvgIpc) is 2.89. The zero-order valence-corrected chi connectivity index (χ0v) is 9.92. The first kappa shape index (κ1) is 12.3. The van der Waals surface area contributed by atoms with Crippen molar-refractivity contribution < 1.29 is 10.2 Å².